The van der Waals surface area contributed by atoms with Crippen LogP contribution in [0.2, 0.25) is 0 Å². The van der Waals surface area contributed by atoms with Gasteiger partial charge in [0.15, 0.2) is 0 Å². The van der Waals surface area contributed by atoms with Crippen molar-refractivity contribution in [1.82, 2.24) is 5.32 Å². The average Bonchev–Trinajstić information content (AvgIpc) is 2.90. The largest absolute Gasteiger partial charge is 0.469 e. The molecule has 106 valence electrons. The number of ether oxygens (including phenoxy) is 1. The second kappa shape index (κ2) is 7.25. The average molecular weight is 284 g/mol. The van der Waals surface area contributed by atoms with Gasteiger partial charge in [-0.2, -0.15) is 0 Å². The number of carbonyl (C=O) groups excluding carboxylic acids is 2. The topological polar surface area (TPSA) is 81.4 Å². The van der Waals surface area contributed by atoms with Crippen molar-refractivity contribution in [2.45, 2.75) is 32.4 Å². The van der Waals surface area contributed by atoms with Crippen LogP contribution in [0.4, 0.5) is 0 Å². The van der Waals surface area contributed by atoms with Gasteiger partial charge in [-0.05, 0) is 17.4 Å². The van der Waals surface area contributed by atoms with Crippen LogP contribution in [0.1, 0.15) is 31.2 Å². The van der Waals surface area contributed by atoms with Gasteiger partial charge >= 0.3 is 5.97 Å². The first-order valence-corrected chi connectivity index (χ1v) is 6.99. The van der Waals surface area contributed by atoms with Crippen molar-refractivity contribution < 1.29 is 14.3 Å². The van der Waals surface area contributed by atoms with E-state index < -0.39 is 6.04 Å². The summed E-state index contributed by atoms with van der Waals surface area (Å²) in [5.41, 5.74) is 5.80. The number of thiophene rings is 1. The predicted octanol–water partition coefficient (Wildman–Crippen LogP) is 1.45. The molecule has 0 radical (unpaired) electrons. The number of rotatable bonds is 6. The molecule has 0 aliphatic rings. The maximum atomic E-state index is 12.0. The normalized spacial score (nSPS) is 13.9. The van der Waals surface area contributed by atoms with E-state index in [1.165, 1.54) is 18.4 Å². The first-order chi connectivity index (χ1) is 8.95. The zero-order valence-electron chi connectivity index (χ0n) is 11.4. The van der Waals surface area contributed by atoms with Crippen molar-refractivity contribution in [2.75, 3.05) is 7.11 Å². The van der Waals surface area contributed by atoms with Gasteiger partial charge in [0.1, 0.15) is 0 Å². The Kier molecular flexibility index (Phi) is 5.98. The first-order valence-electron chi connectivity index (χ1n) is 6.11. The van der Waals surface area contributed by atoms with Crippen LogP contribution in [0.3, 0.4) is 0 Å². The number of hydrogen-bond acceptors (Lipinski definition) is 5. The molecular weight excluding hydrogens is 264 g/mol. The minimum Gasteiger partial charge on any atom is -0.469 e. The maximum absolute atomic E-state index is 12.0. The van der Waals surface area contributed by atoms with E-state index in [0.717, 1.165) is 4.88 Å². The van der Waals surface area contributed by atoms with Crippen LogP contribution in [-0.2, 0) is 14.3 Å². The fourth-order valence-electron chi connectivity index (χ4n) is 1.53. The zero-order chi connectivity index (χ0) is 14.4. The van der Waals surface area contributed by atoms with E-state index in [9.17, 15) is 9.59 Å². The minimum atomic E-state index is -0.583. The van der Waals surface area contributed by atoms with Crippen LogP contribution in [0, 0.1) is 5.92 Å². The van der Waals surface area contributed by atoms with Crippen LogP contribution in [0.5, 0.6) is 0 Å². The molecule has 0 saturated carbocycles. The summed E-state index contributed by atoms with van der Waals surface area (Å²) in [6.07, 6.45) is 0.105. The Morgan fingerprint density at radius 3 is 2.63 bits per heavy atom. The van der Waals surface area contributed by atoms with Gasteiger partial charge in [0, 0.05) is 4.88 Å². The summed E-state index contributed by atoms with van der Waals surface area (Å²) in [4.78, 5) is 24.3. The van der Waals surface area contributed by atoms with Gasteiger partial charge in [-0.15, -0.1) is 11.3 Å². The molecule has 19 heavy (non-hydrogen) atoms. The van der Waals surface area contributed by atoms with Crippen LogP contribution >= 0.6 is 11.3 Å². The number of amides is 1. The Balaban J connectivity index is 2.75. The fourth-order valence-corrected chi connectivity index (χ4v) is 2.31. The van der Waals surface area contributed by atoms with E-state index in [4.69, 9.17) is 5.73 Å². The zero-order valence-corrected chi connectivity index (χ0v) is 12.2. The van der Waals surface area contributed by atoms with Gasteiger partial charge in [0.25, 0.3) is 0 Å². The number of esters is 1. The standard InChI is InChI=1S/C13H20N2O3S/c1-8(2)12(14)13(17)15-9(7-11(16)18-3)10-5-4-6-19-10/h4-6,8-9,12H,7,14H2,1-3H3,(H,15,17)/t9?,12-/m0/s1. The number of carbonyl (C=O) groups is 2. The molecule has 6 heteroatoms. The monoisotopic (exact) mass is 284 g/mol. The third-order valence-corrected chi connectivity index (χ3v) is 3.81. The molecule has 0 aliphatic carbocycles. The Morgan fingerprint density at radius 1 is 1.47 bits per heavy atom. The number of methoxy groups -OCH3 is 1. The van der Waals surface area contributed by atoms with E-state index in [2.05, 4.69) is 10.1 Å². The smallest absolute Gasteiger partial charge is 0.307 e. The molecule has 1 rings (SSSR count). The molecule has 1 heterocycles. The summed E-state index contributed by atoms with van der Waals surface area (Å²) in [5.74, 6) is -0.573. The van der Waals surface area contributed by atoms with E-state index in [-0.39, 0.29) is 30.3 Å². The number of nitrogens with one attached hydrogen (secondary N) is 1. The van der Waals surface area contributed by atoms with Gasteiger partial charge in [-0.3, -0.25) is 9.59 Å². The lowest BCUT2D eigenvalue weighted by molar-refractivity contribution is -0.141. The Morgan fingerprint density at radius 2 is 2.16 bits per heavy atom. The molecular formula is C13H20N2O3S. The molecule has 0 saturated heterocycles. The second-order valence-corrected chi connectivity index (χ2v) is 5.61. The molecule has 1 aromatic heterocycles. The van der Waals surface area contributed by atoms with E-state index in [0.29, 0.717) is 0 Å². The van der Waals surface area contributed by atoms with Crippen molar-refractivity contribution in [3.63, 3.8) is 0 Å². The molecule has 1 aromatic rings. The first kappa shape index (κ1) is 15.7. The quantitative estimate of drug-likeness (QED) is 0.775. The summed E-state index contributed by atoms with van der Waals surface area (Å²) in [6, 6.07) is 2.78. The second-order valence-electron chi connectivity index (χ2n) is 4.63. The lowest BCUT2D eigenvalue weighted by atomic mass is 10.0. The summed E-state index contributed by atoms with van der Waals surface area (Å²) >= 11 is 1.48. The number of nitrogens with two attached hydrogens (primary N) is 1. The molecule has 0 aliphatic heterocycles. The Labute approximate surface area is 117 Å². The van der Waals surface area contributed by atoms with Gasteiger partial charge in [-0.1, -0.05) is 19.9 Å². The molecule has 0 fully saturated rings. The molecule has 0 bridgehead atoms. The summed E-state index contributed by atoms with van der Waals surface area (Å²) in [6.45, 7) is 3.76. The highest BCUT2D eigenvalue weighted by atomic mass is 32.1. The van der Waals surface area contributed by atoms with E-state index in [1.54, 1.807) is 0 Å². The highest BCUT2D eigenvalue weighted by molar-refractivity contribution is 7.10. The van der Waals surface area contributed by atoms with Gasteiger partial charge in [-0.25, -0.2) is 0 Å². The molecule has 1 unspecified atom stereocenters. The van der Waals surface area contributed by atoms with Gasteiger partial charge in [0.05, 0.1) is 25.6 Å². The van der Waals surface area contributed by atoms with Crippen molar-refractivity contribution in [2.24, 2.45) is 11.7 Å². The van der Waals surface area contributed by atoms with Crippen LogP contribution in [0.25, 0.3) is 0 Å². The van der Waals surface area contributed by atoms with Crippen LogP contribution in [0.15, 0.2) is 17.5 Å². The van der Waals surface area contributed by atoms with E-state index >= 15 is 0 Å². The highest BCUT2D eigenvalue weighted by Gasteiger charge is 2.24. The Bertz CT molecular complexity index is 418. The van der Waals surface area contributed by atoms with Crippen LogP contribution < -0.4 is 11.1 Å². The third kappa shape index (κ3) is 4.65. The molecule has 3 N–H and O–H groups in total. The molecule has 2 atom stereocenters. The Hall–Kier alpha value is -1.40. The molecule has 0 aromatic carbocycles. The van der Waals surface area contributed by atoms with Crippen LogP contribution in [-0.4, -0.2) is 25.0 Å². The van der Waals surface area contributed by atoms with Gasteiger partial charge in [0.2, 0.25) is 5.91 Å². The number of hydrogen-bond donors (Lipinski definition) is 2. The van der Waals surface area contributed by atoms with Crippen molar-refractivity contribution >= 4 is 23.2 Å². The predicted molar refractivity (Wildman–Crippen MR) is 74.6 cm³/mol. The fraction of sp³-hybridized carbons (Fsp3) is 0.538. The van der Waals surface area contributed by atoms with E-state index in [1.807, 2.05) is 31.4 Å². The van der Waals surface area contributed by atoms with Crippen molar-refractivity contribution in [1.29, 1.82) is 0 Å². The summed E-state index contributed by atoms with van der Waals surface area (Å²) in [5, 5.41) is 4.71. The third-order valence-electron chi connectivity index (χ3n) is 2.82. The summed E-state index contributed by atoms with van der Waals surface area (Å²) < 4.78 is 4.65. The summed E-state index contributed by atoms with van der Waals surface area (Å²) in [7, 11) is 1.33. The SMILES string of the molecule is COC(=O)CC(NC(=O)[C@@H](N)C(C)C)c1cccs1. The molecule has 5 nitrogen and oxygen atoms in total. The minimum absolute atomic E-state index is 0.0436. The van der Waals surface area contributed by atoms with Crippen molar-refractivity contribution in [3.05, 3.63) is 22.4 Å². The highest BCUT2D eigenvalue weighted by Crippen LogP contribution is 2.22. The van der Waals surface area contributed by atoms with Crippen molar-refractivity contribution in [3.8, 4) is 0 Å². The molecule has 0 spiro atoms. The maximum Gasteiger partial charge on any atom is 0.307 e. The lowest BCUT2D eigenvalue weighted by Crippen LogP contribution is -2.45. The molecule has 1 amide bonds. The lowest BCUT2D eigenvalue weighted by Gasteiger charge is -2.21. The van der Waals surface area contributed by atoms with Gasteiger partial charge < -0.3 is 15.8 Å².